The van der Waals surface area contributed by atoms with Crippen LogP contribution in [0, 0.1) is 0 Å². The Hall–Kier alpha value is -2.66. The number of methoxy groups -OCH3 is 1. The highest BCUT2D eigenvalue weighted by Gasteiger charge is 2.27. The van der Waals surface area contributed by atoms with Gasteiger partial charge in [-0.05, 0) is 49.2 Å². The number of hydrogen-bond acceptors (Lipinski definition) is 4. The Morgan fingerprint density at radius 2 is 2.12 bits per heavy atom. The van der Waals surface area contributed by atoms with E-state index in [0.717, 1.165) is 36.2 Å². The SMILES string of the molecule is COc1cccc(C2CCCN2Cc2nc3ccccc3[nH]c2=O)c1. The molecule has 128 valence electrons. The number of hydrogen-bond donors (Lipinski definition) is 1. The fourth-order valence-corrected chi connectivity index (χ4v) is 3.61. The zero-order valence-corrected chi connectivity index (χ0v) is 14.2. The van der Waals surface area contributed by atoms with Crippen LogP contribution < -0.4 is 10.3 Å². The van der Waals surface area contributed by atoms with E-state index in [2.05, 4.69) is 27.0 Å². The van der Waals surface area contributed by atoms with Crippen LogP contribution in [0.25, 0.3) is 11.0 Å². The summed E-state index contributed by atoms with van der Waals surface area (Å²) in [5.74, 6) is 0.867. The molecule has 5 heteroatoms. The lowest BCUT2D eigenvalue weighted by Gasteiger charge is -2.24. The molecule has 2 heterocycles. The minimum Gasteiger partial charge on any atom is -0.497 e. The van der Waals surface area contributed by atoms with Crippen LogP contribution in [0.2, 0.25) is 0 Å². The van der Waals surface area contributed by atoms with Gasteiger partial charge in [0.2, 0.25) is 0 Å². The van der Waals surface area contributed by atoms with Crippen LogP contribution in [0.1, 0.15) is 30.1 Å². The third-order valence-electron chi connectivity index (χ3n) is 4.86. The van der Waals surface area contributed by atoms with Crippen molar-refractivity contribution in [3.63, 3.8) is 0 Å². The molecule has 1 fully saturated rings. The zero-order valence-electron chi connectivity index (χ0n) is 14.2. The van der Waals surface area contributed by atoms with Crippen LogP contribution in [0.15, 0.2) is 53.3 Å². The summed E-state index contributed by atoms with van der Waals surface area (Å²) in [6.07, 6.45) is 2.20. The van der Waals surface area contributed by atoms with Gasteiger partial charge in [0.15, 0.2) is 0 Å². The third-order valence-corrected chi connectivity index (χ3v) is 4.86. The first-order valence-corrected chi connectivity index (χ1v) is 8.60. The van der Waals surface area contributed by atoms with Crippen LogP contribution in [-0.2, 0) is 6.54 Å². The number of ether oxygens (including phenoxy) is 1. The van der Waals surface area contributed by atoms with Crippen molar-refractivity contribution in [2.45, 2.75) is 25.4 Å². The minimum atomic E-state index is -0.102. The highest BCUT2D eigenvalue weighted by molar-refractivity contribution is 5.73. The topological polar surface area (TPSA) is 58.2 Å². The molecule has 0 bridgehead atoms. The van der Waals surface area contributed by atoms with E-state index in [4.69, 9.17) is 4.74 Å². The van der Waals surface area contributed by atoms with Gasteiger partial charge in [0, 0.05) is 12.6 Å². The summed E-state index contributed by atoms with van der Waals surface area (Å²) in [5, 5.41) is 0. The van der Waals surface area contributed by atoms with Gasteiger partial charge in [-0.3, -0.25) is 9.69 Å². The molecule has 25 heavy (non-hydrogen) atoms. The maximum Gasteiger partial charge on any atom is 0.271 e. The Kier molecular flexibility index (Phi) is 4.24. The number of H-pyrrole nitrogens is 1. The molecule has 1 N–H and O–H groups in total. The highest BCUT2D eigenvalue weighted by atomic mass is 16.5. The number of likely N-dealkylation sites (tertiary alicyclic amines) is 1. The van der Waals surface area contributed by atoms with Crippen LogP contribution in [0.4, 0.5) is 0 Å². The van der Waals surface area contributed by atoms with Crippen molar-refractivity contribution in [1.82, 2.24) is 14.9 Å². The van der Waals surface area contributed by atoms with Gasteiger partial charge >= 0.3 is 0 Å². The second-order valence-electron chi connectivity index (χ2n) is 6.43. The number of aromatic amines is 1. The Morgan fingerprint density at radius 3 is 3.00 bits per heavy atom. The fourth-order valence-electron chi connectivity index (χ4n) is 3.61. The maximum absolute atomic E-state index is 12.4. The van der Waals surface area contributed by atoms with E-state index in [0.29, 0.717) is 18.3 Å². The van der Waals surface area contributed by atoms with E-state index >= 15 is 0 Å². The van der Waals surface area contributed by atoms with Gasteiger partial charge in [-0.2, -0.15) is 0 Å². The standard InChI is InChI=1S/C20H21N3O2/c1-25-15-7-4-6-14(12-15)19-10-5-11-23(19)13-18-20(24)22-17-9-3-2-8-16(17)21-18/h2-4,6-9,12,19H,5,10-11,13H2,1H3,(H,22,24). The van der Waals surface area contributed by atoms with Gasteiger partial charge in [0.05, 0.1) is 18.1 Å². The smallest absolute Gasteiger partial charge is 0.271 e. The zero-order chi connectivity index (χ0) is 17.2. The van der Waals surface area contributed by atoms with Crippen LogP contribution in [0.5, 0.6) is 5.75 Å². The maximum atomic E-state index is 12.4. The molecule has 0 spiro atoms. The summed E-state index contributed by atoms with van der Waals surface area (Å²) in [5.41, 5.74) is 3.31. The lowest BCUT2D eigenvalue weighted by Crippen LogP contribution is -2.28. The average molecular weight is 335 g/mol. The summed E-state index contributed by atoms with van der Waals surface area (Å²) < 4.78 is 5.35. The summed E-state index contributed by atoms with van der Waals surface area (Å²) in [6.45, 7) is 1.53. The van der Waals surface area contributed by atoms with Crippen LogP contribution in [0.3, 0.4) is 0 Å². The Balaban J connectivity index is 1.63. The Bertz CT molecular complexity index is 951. The molecule has 5 nitrogen and oxygen atoms in total. The lowest BCUT2D eigenvalue weighted by molar-refractivity contribution is 0.244. The van der Waals surface area contributed by atoms with Crippen molar-refractivity contribution >= 4 is 11.0 Å². The minimum absolute atomic E-state index is 0.102. The lowest BCUT2D eigenvalue weighted by atomic mass is 10.0. The predicted octanol–water partition coefficient (Wildman–Crippen LogP) is 3.27. The van der Waals surface area contributed by atoms with E-state index in [1.807, 2.05) is 36.4 Å². The average Bonchev–Trinajstić information content (AvgIpc) is 3.10. The van der Waals surface area contributed by atoms with Crippen molar-refractivity contribution in [3.8, 4) is 5.75 Å². The molecule has 0 amide bonds. The van der Waals surface area contributed by atoms with Gasteiger partial charge < -0.3 is 9.72 Å². The molecule has 1 aliphatic rings. The molecule has 1 saturated heterocycles. The Labute approximate surface area is 146 Å². The largest absolute Gasteiger partial charge is 0.497 e. The van der Waals surface area contributed by atoms with E-state index in [-0.39, 0.29) is 5.56 Å². The van der Waals surface area contributed by atoms with Gasteiger partial charge in [0.25, 0.3) is 5.56 Å². The first-order valence-electron chi connectivity index (χ1n) is 8.60. The molecule has 1 aliphatic heterocycles. The van der Waals surface area contributed by atoms with E-state index in [1.165, 1.54) is 5.56 Å². The van der Waals surface area contributed by atoms with Crippen molar-refractivity contribution in [2.75, 3.05) is 13.7 Å². The van der Waals surface area contributed by atoms with E-state index in [9.17, 15) is 4.79 Å². The number of nitrogens with zero attached hydrogens (tertiary/aromatic N) is 2. The Morgan fingerprint density at radius 1 is 1.24 bits per heavy atom. The van der Waals surface area contributed by atoms with Crippen molar-refractivity contribution in [1.29, 1.82) is 0 Å². The molecule has 0 radical (unpaired) electrons. The van der Waals surface area contributed by atoms with Crippen molar-refractivity contribution in [2.24, 2.45) is 0 Å². The van der Waals surface area contributed by atoms with Gasteiger partial charge in [0.1, 0.15) is 11.4 Å². The number of fused-ring (bicyclic) bond motifs is 1. The van der Waals surface area contributed by atoms with Crippen LogP contribution >= 0.6 is 0 Å². The molecule has 1 aromatic heterocycles. The van der Waals surface area contributed by atoms with Gasteiger partial charge in [-0.25, -0.2) is 4.98 Å². The summed E-state index contributed by atoms with van der Waals surface area (Å²) in [7, 11) is 1.68. The molecular formula is C20H21N3O2. The molecule has 1 unspecified atom stereocenters. The predicted molar refractivity (Wildman–Crippen MR) is 97.7 cm³/mol. The molecular weight excluding hydrogens is 314 g/mol. The number of aromatic nitrogens is 2. The molecule has 1 atom stereocenters. The molecule has 4 rings (SSSR count). The molecule has 0 saturated carbocycles. The monoisotopic (exact) mass is 335 g/mol. The first-order chi connectivity index (χ1) is 12.2. The second kappa shape index (κ2) is 6.69. The van der Waals surface area contributed by atoms with E-state index < -0.39 is 0 Å². The fraction of sp³-hybridized carbons (Fsp3) is 0.300. The number of rotatable bonds is 4. The van der Waals surface area contributed by atoms with Crippen LogP contribution in [-0.4, -0.2) is 28.5 Å². The molecule has 0 aliphatic carbocycles. The van der Waals surface area contributed by atoms with Crippen molar-refractivity contribution < 1.29 is 4.74 Å². The molecule has 3 aromatic rings. The number of nitrogens with one attached hydrogen (secondary N) is 1. The summed E-state index contributed by atoms with van der Waals surface area (Å²) >= 11 is 0. The molecule has 2 aromatic carbocycles. The number of benzene rings is 2. The normalized spacial score (nSPS) is 17.9. The van der Waals surface area contributed by atoms with Crippen molar-refractivity contribution in [3.05, 3.63) is 70.1 Å². The highest BCUT2D eigenvalue weighted by Crippen LogP contribution is 2.34. The quantitative estimate of drug-likeness (QED) is 0.795. The summed E-state index contributed by atoms with van der Waals surface area (Å²) in [4.78, 5) is 22.3. The van der Waals surface area contributed by atoms with Gasteiger partial charge in [-0.1, -0.05) is 24.3 Å². The second-order valence-corrected chi connectivity index (χ2v) is 6.43. The first kappa shape index (κ1) is 15.8. The van der Waals surface area contributed by atoms with Gasteiger partial charge in [-0.15, -0.1) is 0 Å². The summed E-state index contributed by atoms with van der Waals surface area (Å²) in [6, 6.07) is 16.1. The third kappa shape index (κ3) is 3.15. The number of para-hydroxylation sites is 2. The van der Waals surface area contributed by atoms with E-state index in [1.54, 1.807) is 7.11 Å².